The number of nitrogens with zero attached hydrogens (tertiary/aromatic N) is 1. The van der Waals surface area contributed by atoms with Crippen LogP contribution in [0.25, 0.3) is 0 Å². The maximum Gasteiger partial charge on any atom is 0.416 e. The Kier molecular flexibility index (Phi) is 5.24. The average molecular weight is 307 g/mol. The zero-order valence-corrected chi connectivity index (χ0v) is 10.8. The lowest BCUT2D eigenvalue weighted by Crippen LogP contribution is -2.14. The van der Waals surface area contributed by atoms with Crippen LogP contribution in [0.3, 0.4) is 0 Å². The molecule has 114 valence electrons. The summed E-state index contributed by atoms with van der Waals surface area (Å²) in [6.07, 6.45) is -8.99. The summed E-state index contributed by atoms with van der Waals surface area (Å²) in [6, 6.07) is 2.37. The van der Waals surface area contributed by atoms with E-state index < -0.39 is 41.7 Å². The van der Waals surface area contributed by atoms with E-state index in [-0.39, 0.29) is 12.2 Å². The first-order valence-electron chi connectivity index (χ1n) is 5.78. The number of alkyl halides is 5. The van der Waals surface area contributed by atoms with Crippen molar-refractivity contribution in [2.75, 3.05) is 6.61 Å². The zero-order chi connectivity index (χ0) is 16.2. The predicted molar refractivity (Wildman–Crippen MR) is 61.5 cm³/mol. The van der Waals surface area contributed by atoms with E-state index in [0.717, 1.165) is 0 Å². The molecule has 0 unspecified atom stereocenters. The van der Waals surface area contributed by atoms with Crippen molar-refractivity contribution < 1.29 is 31.5 Å². The van der Waals surface area contributed by atoms with E-state index in [1.165, 1.54) is 13.0 Å². The molecule has 0 spiro atoms. The summed E-state index contributed by atoms with van der Waals surface area (Å²) in [7, 11) is 0. The molecule has 0 bridgehead atoms. The van der Waals surface area contributed by atoms with Gasteiger partial charge in [0.05, 0.1) is 30.2 Å². The number of hydrogen-bond acceptors (Lipinski definition) is 3. The van der Waals surface area contributed by atoms with Crippen molar-refractivity contribution in [2.45, 2.75) is 25.9 Å². The summed E-state index contributed by atoms with van der Waals surface area (Å²) in [4.78, 5) is 11.3. The minimum absolute atomic E-state index is 0.0158. The summed E-state index contributed by atoms with van der Waals surface area (Å²) in [6.45, 7) is 1.52. The Bertz CT molecular complexity index is 575. The standard InChI is InChI=1S/C13H10F5NO2/c1-2-21-11(20)5-7-4-10(13(16,17)18)9(12(14)15)3-8(7)6-19/h3-4,12H,2,5H2,1H3. The average Bonchev–Trinajstić information content (AvgIpc) is 2.37. The third kappa shape index (κ3) is 4.15. The zero-order valence-electron chi connectivity index (χ0n) is 10.8. The molecular weight excluding hydrogens is 297 g/mol. The van der Waals surface area contributed by atoms with Gasteiger partial charge in [0.2, 0.25) is 0 Å². The molecule has 0 radical (unpaired) electrons. The van der Waals surface area contributed by atoms with Gasteiger partial charge in [0, 0.05) is 5.56 Å². The van der Waals surface area contributed by atoms with Crippen LogP contribution in [0.4, 0.5) is 22.0 Å². The largest absolute Gasteiger partial charge is 0.466 e. The highest BCUT2D eigenvalue weighted by Gasteiger charge is 2.36. The van der Waals surface area contributed by atoms with Gasteiger partial charge in [-0.3, -0.25) is 4.79 Å². The van der Waals surface area contributed by atoms with Crippen molar-refractivity contribution in [1.29, 1.82) is 5.26 Å². The molecule has 0 aliphatic heterocycles. The van der Waals surface area contributed by atoms with Gasteiger partial charge in [-0.15, -0.1) is 0 Å². The highest BCUT2D eigenvalue weighted by atomic mass is 19.4. The monoisotopic (exact) mass is 307 g/mol. The van der Waals surface area contributed by atoms with Crippen LogP contribution in [-0.4, -0.2) is 12.6 Å². The van der Waals surface area contributed by atoms with Crippen molar-refractivity contribution >= 4 is 5.97 Å². The Hall–Kier alpha value is -2.17. The van der Waals surface area contributed by atoms with Gasteiger partial charge in [-0.05, 0) is 24.6 Å². The van der Waals surface area contributed by atoms with Gasteiger partial charge in [-0.25, -0.2) is 8.78 Å². The van der Waals surface area contributed by atoms with E-state index >= 15 is 0 Å². The summed E-state index contributed by atoms with van der Waals surface area (Å²) in [5.41, 5.74) is -3.55. The SMILES string of the molecule is CCOC(=O)Cc1cc(C(F)(F)F)c(C(F)F)cc1C#N. The highest BCUT2D eigenvalue weighted by molar-refractivity contribution is 5.74. The second-order valence-corrected chi connectivity index (χ2v) is 3.99. The van der Waals surface area contributed by atoms with Crippen molar-refractivity contribution in [1.82, 2.24) is 0 Å². The molecule has 21 heavy (non-hydrogen) atoms. The van der Waals surface area contributed by atoms with Gasteiger partial charge in [0.1, 0.15) is 0 Å². The number of nitriles is 1. The fourth-order valence-corrected chi connectivity index (χ4v) is 1.71. The van der Waals surface area contributed by atoms with E-state index in [9.17, 15) is 26.7 Å². The van der Waals surface area contributed by atoms with Crippen LogP contribution in [0.5, 0.6) is 0 Å². The Morgan fingerprint density at radius 1 is 1.38 bits per heavy atom. The molecule has 0 N–H and O–H groups in total. The van der Waals surface area contributed by atoms with Crippen LogP contribution < -0.4 is 0 Å². The number of hydrogen-bond donors (Lipinski definition) is 0. The summed E-state index contributed by atoms with van der Waals surface area (Å²) in [5, 5.41) is 8.83. The van der Waals surface area contributed by atoms with E-state index in [4.69, 9.17) is 5.26 Å². The normalized spacial score (nSPS) is 11.3. The number of benzene rings is 1. The van der Waals surface area contributed by atoms with Crippen LogP contribution >= 0.6 is 0 Å². The third-order valence-electron chi connectivity index (χ3n) is 2.58. The lowest BCUT2D eigenvalue weighted by molar-refractivity contribution is -0.143. The molecule has 1 aromatic rings. The molecule has 1 aromatic carbocycles. The molecule has 0 aromatic heterocycles. The van der Waals surface area contributed by atoms with Crippen LogP contribution in [0.1, 0.15) is 35.6 Å². The first-order chi connectivity index (χ1) is 9.70. The third-order valence-corrected chi connectivity index (χ3v) is 2.58. The van der Waals surface area contributed by atoms with Crippen molar-refractivity contribution in [3.05, 3.63) is 34.4 Å². The van der Waals surface area contributed by atoms with E-state index in [2.05, 4.69) is 4.74 Å². The first kappa shape index (κ1) is 16.9. The van der Waals surface area contributed by atoms with Crippen LogP contribution in [-0.2, 0) is 22.1 Å². The van der Waals surface area contributed by atoms with Crippen LogP contribution in [0, 0.1) is 11.3 Å². The van der Waals surface area contributed by atoms with Crippen LogP contribution in [0.15, 0.2) is 12.1 Å². The van der Waals surface area contributed by atoms with Gasteiger partial charge in [0.25, 0.3) is 6.43 Å². The molecule has 8 heteroatoms. The molecule has 0 amide bonds. The Morgan fingerprint density at radius 2 is 2.00 bits per heavy atom. The fraction of sp³-hybridized carbons (Fsp3) is 0.385. The van der Waals surface area contributed by atoms with Gasteiger partial charge >= 0.3 is 12.1 Å². The maximum absolute atomic E-state index is 12.8. The van der Waals surface area contributed by atoms with Gasteiger partial charge < -0.3 is 4.74 Å². The van der Waals surface area contributed by atoms with E-state index in [1.807, 2.05) is 0 Å². The minimum Gasteiger partial charge on any atom is -0.466 e. The van der Waals surface area contributed by atoms with Crippen molar-refractivity contribution in [3.8, 4) is 6.07 Å². The van der Waals surface area contributed by atoms with Crippen molar-refractivity contribution in [2.24, 2.45) is 0 Å². The summed E-state index contributed by atoms with van der Waals surface area (Å²) >= 11 is 0. The summed E-state index contributed by atoms with van der Waals surface area (Å²) in [5.74, 6) is -0.841. The molecule has 0 aliphatic carbocycles. The Labute approximate surface area is 116 Å². The lowest BCUT2D eigenvalue weighted by Gasteiger charge is -2.15. The van der Waals surface area contributed by atoms with Crippen molar-refractivity contribution in [3.63, 3.8) is 0 Å². The quantitative estimate of drug-likeness (QED) is 0.630. The second kappa shape index (κ2) is 6.52. The maximum atomic E-state index is 12.8. The van der Waals surface area contributed by atoms with Gasteiger partial charge in [0.15, 0.2) is 0 Å². The molecule has 0 saturated heterocycles. The lowest BCUT2D eigenvalue weighted by atomic mass is 9.96. The Morgan fingerprint density at radius 3 is 2.43 bits per heavy atom. The minimum atomic E-state index is -5.01. The molecule has 0 fully saturated rings. The molecule has 0 atom stereocenters. The number of esters is 1. The van der Waals surface area contributed by atoms with Gasteiger partial charge in [-0.1, -0.05) is 0 Å². The molecule has 1 rings (SSSR count). The molecule has 3 nitrogen and oxygen atoms in total. The molecular formula is C13H10F5NO2. The fourth-order valence-electron chi connectivity index (χ4n) is 1.71. The van der Waals surface area contributed by atoms with Gasteiger partial charge in [-0.2, -0.15) is 18.4 Å². The molecule has 0 saturated carbocycles. The second-order valence-electron chi connectivity index (χ2n) is 3.99. The number of rotatable bonds is 4. The number of carbonyl (C=O) groups is 1. The molecule has 0 aliphatic rings. The summed E-state index contributed by atoms with van der Waals surface area (Å²) < 4.78 is 68.3. The first-order valence-corrected chi connectivity index (χ1v) is 5.78. The number of carbonyl (C=O) groups excluding carboxylic acids is 1. The molecule has 0 heterocycles. The van der Waals surface area contributed by atoms with Crippen LogP contribution in [0.2, 0.25) is 0 Å². The smallest absolute Gasteiger partial charge is 0.416 e. The number of halogens is 5. The Balaban J connectivity index is 3.38. The topological polar surface area (TPSA) is 50.1 Å². The van der Waals surface area contributed by atoms with E-state index in [0.29, 0.717) is 12.1 Å². The number of ether oxygens (including phenoxy) is 1. The van der Waals surface area contributed by atoms with E-state index in [1.54, 1.807) is 0 Å². The highest BCUT2D eigenvalue weighted by Crippen LogP contribution is 2.38. The predicted octanol–water partition coefficient (Wildman–Crippen LogP) is 3.62.